The van der Waals surface area contributed by atoms with Crippen LogP contribution in [0.4, 0.5) is 0 Å². The minimum Gasteiger partial charge on any atom is -0.492 e. The van der Waals surface area contributed by atoms with Crippen molar-refractivity contribution in [3.8, 4) is 23.0 Å². The Balaban J connectivity index is 2.58. The van der Waals surface area contributed by atoms with Crippen LogP contribution in [-0.2, 0) is 9.53 Å². The molecule has 0 aromatic heterocycles. The highest BCUT2D eigenvalue weighted by atomic mass is 16.5. The van der Waals surface area contributed by atoms with Crippen LogP contribution in [0.25, 0.3) is 6.08 Å². The molecule has 0 aliphatic rings. The van der Waals surface area contributed by atoms with Crippen molar-refractivity contribution in [1.82, 2.24) is 0 Å². The number of esters is 1. The van der Waals surface area contributed by atoms with Crippen LogP contribution < -0.4 is 18.9 Å². The maximum Gasteiger partial charge on any atom is 0.302 e. The highest BCUT2D eigenvalue weighted by molar-refractivity contribution is 5.74. The highest BCUT2D eigenvalue weighted by Gasteiger charge is 2.23. The largest absolute Gasteiger partial charge is 0.492 e. The number of methoxy groups -OCH3 is 4. The molecule has 6 heteroatoms. The van der Waals surface area contributed by atoms with Gasteiger partial charge in [0, 0.05) is 18.1 Å². The molecule has 0 spiro atoms. The lowest BCUT2D eigenvalue weighted by Gasteiger charge is -2.20. The van der Waals surface area contributed by atoms with E-state index in [0.717, 1.165) is 36.8 Å². The van der Waals surface area contributed by atoms with E-state index < -0.39 is 0 Å². The number of carbonyl (C=O) groups excluding carboxylic acids is 1. The molecule has 0 bridgehead atoms. The molecule has 1 aromatic carbocycles. The van der Waals surface area contributed by atoms with Crippen LogP contribution in [0, 0.1) is 6.92 Å². The summed E-state index contributed by atoms with van der Waals surface area (Å²) in [4.78, 5) is 10.7. The van der Waals surface area contributed by atoms with Crippen LogP contribution >= 0.6 is 0 Å². The second-order valence-corrected chi connectivity index (χ2v) is 6.82. The summed E-state index contributed by atoms with van der Waals surface area (Å²) < 4.78 is 27.1. The number of hydrogen-bond acceptors (Lipinski definition) is 6. The average molecular weight is 409 g/mol. The lowest BCUT2D eigenvalue weighted by Crippen LogP contribution is -2.02. The van der Waals surface area contributed by atoms with Gasteiger partial charge in [0.25, 0.3) is 0 Å². The van der Waals surface area contributed by atoms with Crippen molar-refractivity contribution in [3.05, 3.63) is 17.2 Å². The number of benzene rings is 1. The molecule has 0 saturated heterocycles. The van der Waals surface area contributed by atoms with Crippen molar-refractivity contribution in [2.75, 3.05) is 35.0 Å². The topological polar surface area (TPSA) is 63.2 Å². The maximum atomic E-state index is 10.7. The predicted octanol–water partition coefficient (Wildman–Crippen LogP) is 5.34. The smallest absolute Gasteiger partial charge is 0.302 e. The van der Waals surface area contributed by atoms with Crippen molar-refractivity contribution < 1.29 is 28.5 Å². The standard InChI is InChI=1S/C23H36O6/c1-17-19(21(26-4)23(28-6)22(27-5)20(17)25-3)15-13-11-9-7-8-10-12-14-16-29-18(2)24/h13,15H,7-12,14,16H2,1-6H3/b15-13+. The molecule has 0 unspecified atom stereocenters. The van der Waals surface area contributed by atoms with Crippen LogP contribution in [0.3, 0.4) is 0 Å². The van der Waals surface area contributed by atoms with Crippen molar-refractivity contribution >= 4 is 12.0 Å². The Morgan fingerprint density at radius 2 is 1.28 bits per heavy atom. The molecule has 0 N–H and O–H groups in total. The van der Waals surface area contributed by atoms with Gasteiger partial charge in [-0.05, 0) is 26.2 Å². The number of unbranched alkanes of at least 4 members (excludes halogenated alkanes) is 6. The number of hydrogen-bond donors (Lipinski definition) is 0. The van der Waals surface area contributed by atoms with Gasteiger partial charge in [-0.2, -0.15) is 0 Å². The Morgan fingerprint density at radius 1 is 0.759 bits per heavy atom. The Bertz CT molecular complexity index is 666. The van der Waals surface area contributed by atoms with Crippen LogP contribution in [0.5, 0.6) is 23.0 Å². The summed E-state index contributed by atoms with van der Waals surface area (Å²) in [6.45, 7) is 3.97. The molecule has 0 aliphatic heterocycles. The summed E-state index contributed by atoms with van der Waals surface area (Å²) in [6.07, 6.45) is 12.0. The van der Waals surface area contributed by atoms with E-state index in [1.54, 1.807) is 28.4 Å². The summed E-state index contributed by atoms with van der Waals surface area (Å²) in [5, 5.41) is 0. The molecule has 0 amide bonds. The molecule has 164 valence electrons. The van der Waals surface area contributed by atoms with E-state index in [-0.39, 0.29) is 5.97 Å². The van der Waals surface area contributed by atoms with Gasteiger partial charge in [-0.25, -0.2) is 0 Å². The normalized spacial score (nSPS) is 10.8. The maximum absolute atomic E-state index is 10.7. The number of carbonyl (C=O) groups is 1. The molecule has 1 rings (SSSR count). The van der Waals surface area contributed by atoms with Crippen molar-refractivity contribution in [1.29, 1.82) is 0 Å². The van der Waals surface area contributed by atoms with Gasteiger partial charge in [-0.3, -0.25) is 4.79 Å². The molecule has 0 fully saturated rings. The van der Waals surface area contributed by atoms with Gasteiger partial charge >= 0.3 is 5.97 Å². The average Bonchev–Trinajstić information content (AvgIpc) is 2.71. The molecule has 0 heterocycles. The van der Waals surface area contributed by atoms with Gasteiger partial charge < -0.3 is 23.7 Å². The fourth-order valence-corrected chi connectivity index (χ4v) is 3.30. The minimum atomic E-state index is -0.198. The van der Waals surface area contributed by atoms with E-state index >= 15 is 0 Å². The molecule has 0 radical (unpaired) electrons. The lowest BCUT2D eigenvalue weighted by atomic mass is 10.0. The van der Waals surface area contributed by atoms with E-state index in [2.05, 4.69) is 12.2 Å². The monoisotopic (exact) mass is 408 g/mol. The summed E-state index contributed by atoms with van der Waals surface area (Å²) >= 11 is 0. The highest BCUT2D eigenvalue weighted by Crippen LogP contribution is 2.49. The van der Waals surface area contributed by atoms with Crippen molar-refractivity contribution in [2.45, 2.75) is 58.8 Å². The van der Waals surface area contributed by atoms with Crippen LogP contribution in [0.15, 0.2) is 6.08 Å². The zero-order chi connectivity index (χ0) is 21.6. The van der Waals surface area contributed by atoms with E-state index in [1.807, 2.05) is 6.92 Å². The summed E-state index contributed by atoms with van der Waals surface area (Å²) in [5.41, 5.74) is 1.89. The fourth-order valence-electron chi connectivity index (χ4n) is 3.30. The SMILES string of the molecule is COc1c(C)c(/C=C/CCCCCCCCOC(C)=O)c(OC)c(OC)c1OC. The van der Waals surface area contributed by atoms with E-state index in [0.29, 0.717) is 29.6 Å². The van der Waals surface area contributed by atoms with Gasteiger partial charge in [-0.1, -0.05) is 37.8 Å². The second-order valence-electron chi connectivity index (χ2n) is 6.82. The molecule has 0 saturated carbocycles. The van der Waals surface area contributed by atoms with Gasteiger partial charge in [0.15, 0.2) is 11.5 Å². The first-order chi connectivity index (χ1) is 14.0. The molecule has 29 heavy (non-hydrogen) atoms. The zero-order valence-electron chi connectivity index (χ0n) is 18.8. The first kappa shape index (κ1) is 24.7. The Morgan fingerprint density at radius 3 is 1.83 bits per heavy atom. The molecule has 6 nitrogen and oxygen atoms in total. The first-order valence-corrected chi connectivity index (χ1v) is 10.2. The second kappa shape index (κ2) is 13.7. The van der Waals surface area contributed by atoms with Crippen LogP contribution in [0.2, 0.25) is 0 Å². The first-order valence-electron chi connectivity index (χ1n) is 10.2. The van der Waals surface area contributed by atoms with E-state index in [4.69, 9.17) is 23.7 Å². The summed E-state index contributed by atoms with van der Waals surface area (Å²) in [5.74, 6) is 2.17. The lowest BCUT2D eigenvalue weighted by molar-refractivity contribution is -0.141. The van der Waals surface area contributed by atoms with Gasteiger partial charge in [0.05, 0.1) is 35.0 Å². The molecule has 0 aliphatic carbocycles. The zero-order valence-corrected chi connectivity index (χ0v) is 18.8. The Hall–Kier alpha value is -2.37. The summed E-state index contributed by atoms with van der Waals surface area (Å²) in [7, 11) is 6.43. The van der Waals surface area contributed by atoms with E-state index in [1.165, 1.54) is 26.2 Å². The third kappa shape index (κ3) is 7.52. The fraction of sp³-hybridized carbons (Fsp3) is 0.609. The third-order valence-corrected chi connectivity index (χ3v) is 4.78. The third-order valence-electron chi connectivity index (χ3n) is 4.78. The molecule has 0 atom stereocenters. The number of ether oxygens (including phenoxy) is 5. The quantitative estimate of drug-likeness (QED) is 0.306. The predicted molar refractivity (Wildman–Crippen MR) is 115 cm³/mol. The number of rotatable bonds is 14. The van der Waals surface area contributed by atoms with Gasteiger partial charge in [-0.15, -0.1) is 0 Å². The molecular formula is C23H36O6. The van der Waals surface area contributed by atoms with Crippen molar-refractivity contribution in [2.24, 2.45) is 0 Å². The van der Waals surface area contributed by atoms with Crippen LogP contribution in [0.1, 0.15) is 63.0 Å². The minimum absolute atomic E-state index is 0.198. The van der Waals surface area contributed by atoms with Crippen LogP contribution in [-0.4, -0.2) is 41.0 Å². The van der Waals surface area contributed by atoms with Gasteiger partial charge in [0.1, 0.15) is 0 Å². The molecular weight excluding hydrogens is 372 g/mol. The van der Waals surface area contributed by atoms with E-state index in [9.17, 15) is 4.79 Å². The Kier molecular flexibility index (Phi) is 11.7. The van der Waals surface area contributed by atoms with Crippen molar-refractivity contribution in [3.63, 3.8) is 0 Å². The number of allylic oxidation sites excluding steroid dienone is 1. The summed E-state index contributed by atoms with van der Waals surface area (Å²) in [6, 6.07) is 0. The Labute approximate surface area is 175 Å². The molecule has 1 aromatic rings. The van der Waals surface area contributed by atoms with Gasteiger partial charge in [0.2, 0.25) is 11.5 Å².